The molecule has 1 aliphatic carbocycles. The average Bonchev–Trinajstić information content (AvgIpc) is 2.76. The lowest BCUT2D eigenvalue weighted by molar-refractivity contribution is -0.126. The quantitative estimate of drug-likeness (QED) is 0.721. The lowest BCUT2D eigenvalue weighted by Gasteiger charge is -2.27. The minimum absolute atomic E-state index is 0.203. The van der Waals surface area contributed by atoms with Crippen LogP contribution >= 0.6 is 0 Å². The lowest BCUT2D eigenvalue weighted by atomic mass is 9.87. The van der Waals surface area contributed by atoms with Crippen LogP contribution in [0, 0.1) is 11.3 Å². The molecule has 0 aromatic heterocycles. The summed E-state index contributed by atoms with van der Waals surface area (Å²) in [5.41, 5.74) is 0.203. The van der Waals surface area contributed by atoms with E-state index in [1.807, 2.05) is 0 Å². The number of hydrogen-bond acceptors (Lipinski definition) is 2. The van der Waals surface area contributed by atoms with Crippen molar-refractivity contribution in [3.8, 4) is 0 Å². The molecule has 0 spiro atoms. The van der Waals surface area contributed by atoms with Gasteiger partial charge in [-0.3, -0.25) is 4.79 Å². The summed E-state index contributed by atoms with van der Waals surface area (Å²) in [6, 6.07) is 0.311. The molecule has 3 nitrogen and oxygen atoms in total. The molecular formula is C12H22N2O. The van der Waals surface area contributed by atoms with Gasteiger partial charge in [0.15, 0.2) is 0 Å². The Hall–Kier alpha value is -0.570. The van der Waals surface area contributed by atoms with Gasteiger partial charge in [0.2, 0.25) is 5.91 Å². The van der Waals surface area contributed by atoms with Gasteiger partial charge >= 0.3 is 0 Å². The van der Waals surface area contributed by atoms with E-state index in [1.165, 1.54) is 12.8 Å². The van der Waals surface area contributed by atoms with Crippen LogP contribution in [0.15, 0.2) is 0 Å². The molecule has 2 N–H and O–H groups in total. The van der Waals surface area contributed by atoms with Gasteiger partial charge in [-0.1, -0.05) is 26.7 Å². The van der Waals surface area contributed by atoms with Crippen molar-refractivity contribution in [2.24, 2.45) is 11.3 Å². The third-order valence-corrected chi connectivity index (χ3v) is 3.91. The van der Waals surface area contributed by atoms with Crippen LogP contribution in [0.2, 0.25) is 0 Å². The van der Waals surface area contributed by atoms with Gasteiger partial charge in [0.25, 0.3) is 0 Å². The highest BCUT2D eigenvalue weighted by atomic mass is 16.2. The first-order valence-electron chi connectivity index (χ1n) is 6.11. The predicted octanol–water partition coefficient (Wildman–Crippen LogP) is 1.29. The van der Waals surface area contributed by atoms with E-state index in [-0.39, 0.29) is 11.3 Å². The minimum atomic E-state index is 0.203. The fraction of sp³-hybridized carbons (Fsp3) is 0.917. The van der Waals surface area contributed by atoms with Gasteiger partial charge in [0, 0.05) is 25.0 Å². The van der Waals surface area contributed by atoms with E-state index in [2.05, 4.69) is 24.5 Å². The molecule has 0 aromatic rings. The molecule has 1 unspecified atom stereocenters. The van der Waals surface area contributed by atoms with Gasteiger partial charge in [-0.05, 0) is 18.3 Å². The topological polar surface area (TPSA) is 41.1 Å². The van der Waals surface area contributed by atoms with Crippen LogP contribution < -0.4 is 10.6 Å². The highest BCUT2D eigenvalue weighted by Crippen LogP contribution is 2.27. The first-order valence-corrected chi connectivity index (χ1v) is 6.11. The van der Waals surface area contributed by atoms with Crippen molar-refractivity contribution in [3.05, 3.63) is 0 Å². The van der Waals surface area contributed by atoms with Gasteiger partial charge < -0.3 is 10.6 Å². The minimum Gasteiger partial charge on any atom is -0.351 e. The Balaban J connectivity index is 1.88. The summed E-state index contributed by atoms with van der Waals surface area (Å²) < 4.78 is 0. The van der Waals surface area contributed by atoms with Crippen molar-refractivity contribution in [1.82, 2.24) is 10.6 Å². The Labute approximate surface area is 92.0 Å². The van der Waals surface area contributed by atoms with Crippen molar-refractivity contribution in [2.45, 2.75) is 45.6 Å². The number of carbonyl (C=O) groups excluding carboxylic acids is 1. The van der Waals surface area contributed by atoms with E-state index in [4.69, 9.17) is 0 Å². The third kappa shape index (κ3) is 2.33. The summed E-state index contributed by atoms with van der Waals surface area (Å²) in [5, 5.41) is 6.55. The summed E-state index contributed by atoms with van der Waals surface area (Å²) in [5.74, 6) is 0.579. The smallest absolute Gasteiger partial charge is 0.223 e. The third-order valence-electron chi connectivity index (χ3n) is 3.91. The summed E-state index contributed by atoms with van der Waals surface area (Å²) in [4.78, 5) is 12.0. The van der Waals surface area contributed by atoms with Gasteiger partial charge in [-0.2, -0.15) is 0 Å². The fourth-order valence-electron chi connectivity index (χ4n) is 2.66. The maximum atomic E-state index is 12.0. The zero-order chi connectivity index (χ0) is 10.9. The second-order valence-electron chi connectivity index (χ2n) is 5.66. The van der Waals surface area contributed by atoms with E-state index < -0.39 is 0 Å². The molecule has 1 saturated carbocycles. The molecule has 0 radical (unpaired) electrons. The molecule has 2 fully saturated rings. The predicted molar refractivity (Wildman–Crippen MR) is 60.5 cm³/mol. The molecule has 1 saturated heterocycles. The lowest BCUT2D eigenvalue weighted by Crippen LogP contribution is -2.46. The molecule has 86 valence electrons. The van der Waals surface area contributed by atoms with Crippen LogP contribution in [0.25, 0.3) is 0 Å². The van der Waals surface area contributed by atoms with Gasteiger partial charge in [0.1, 0.15) is 0 Å². The maximum Gasteiger partial charge on any atom is 0.223 e. The molecule has 1 amide bonds. The standard InChI is InChI=1S/C12H22N2O/c1-12(2)8-13-7-10(12)14-11(15)9-5-3-4-6-9/h9-10,13H,3-8H2,1-2H3,(H,14,15). The molecule has 1 heterocycles. The fourth-order valence-corrected chi connectivity index (χ4v) is 2.66. The molecular weight excluding hydrogens is 188 g/mol. The number of hydrogen-bond donors (Lipinski definition) is 2. The molecule has 15 heavy (non-hydrogen) atoms. The number of carbonyl (C=O) groups is 1. The van der Waals surface area contributed by atoms with Gasteiger partial charge in [0.05, 0.1) is 0 Å². The second kappa shape index (κ2) is 4.12. The molecule has 3 heteroatoms. The molecule has 1 atom stereocenters. The first-order chi connectivity index (χ1) is 7.09. The van der Waals surface area contributed by atoms with E-state index in [9.17, 15) is 4.79 Å². The van der Waals surface area contributed by atoms with Crippen molar-refractivity contribution in [1.29, 1.82) is 0 Å². The Kier molecular flexibility index (Phi) is 3.01. The average molecular weight is 210 g/mol. The maximum absolute atomic E-state index is 12.0. The van der Waals surface area contributed by atoms with Crippen molar-refractivity contribution >= 4 is 5.91 Å². The Morgan fingerprint density at radius 3 is 2.53 bits per heavy atom. The number of nitrogens with one attached hydrogen (secondary N) is 2. The van der Waals surface area contributed by atoms with E-state index in [0.717, 1.165) is 25.9 Å². The summed E-state index contributed by atoms with van der Waals surface area (Å²) in [6.07, 6.45) is 4.63. The Morgan fingerprint density at radius 1 is 1.33 bits per heavy atom. The van der Waals surface area contributed by atoms with Crippen molar-refractivity contribution in [2.75, 3.05) is 13.1 Å². The molecule has 0 aromatic carbocycles. The number of amides is 1. The van der Waals surface area contributed by atoms with E-state index in [0.29, 0.717) is 12.0 Å². The monoisotopic (exact) mass is 210 g/mol. The Morgan fingerprint density at radius 2 is 2.00 bits per heavy atom. The number of rotatable bonds is 2. The highest BCUT2D eigenvalue weighted by Gasteiger charge is 2.36. The SMILES string of the molecule is CC1(C)CNCC1NC(=O)C1CCCC1. The van der Waals surface area contributed by atoms with Crippen LogP contribution in [0.4, 0.5) is 0 Å². The molecule has 2 aliphatic rings. The van der Waals surface area contributed by atoms with Crippen LogP contribution in [-0.2, 0) is 4.79 Å². The van der Waals surface area contributed by atoms with Crippen LogP contribution in [0.5, 0.6) is 0 Å². The second-order valence-corrected chi connectivity index (χ2v) is 5.66. The summed E-state index contributed by atoms with van der Waals surface area (Å²) >= 11 is 0. The Bertz CT molecular complexity index is 244. The van der Waals surface area contributed by atoms with Crippen molar-refractivity contribution < 1.29 is 4.79 Å². The van der Waals surface area contributed by atoms with Crippen LogP contribution in [0.3, 0.4) is 0 Å². The van der Waals surface area contributed by atoms with E-state index in [1.54, 1.807) is 0 Å². The zero-order valence-electron chi connectivity index (χ0n) is 9.81. The molecule has 0 bridgehead atoms. The van der Waals surface area contributed by atoms with Crippen LogP contribution in [0.1, 0.15) is 39.5 Å². The van der Waals surface area contributed by atoms with Crippen LogP contribution in [-0.4, -0.2) is 25.0 Å². The normalized spacial score (nSPS) is 30.7. The van der Waals surface area contributed by atoms with E-state index >= 15 is 0 Å². The van der Waals surface area contributed by atoms with Gasteiger partial charge in [-0.15, -0.1) is 0 Å². The zero-order valence-corrected chi connectivity index (χ0v) is 9.81. The molecule has 2 rings (SSSR count). The van der Waals surface area contributed by atoms with Crippen molar-refractivity contribution in [3.63, 3.8) is 0 Å². The molecule has 1 aliphatic heterocycles. The summed E-state index contributed by atoms with van der Waals surface area (Å²) in [7, 11) is 0. The highest BCUT2D eigenvalue weighted by molar-refractivity contribution is 5.79. The van der Waals surface area contributed by atoms with Gasteiger partial charge in [-0.25, -0.2) is 0 Å². The summed E-state index contributed by atoms with van der Waals surface area (Å²) in [6.45, 7) is 6.35. The largest absolute Gasteiger partial charge is 0.351 e. The first kappa shape index (κ1) is 10.9.